The molecular weight excluding hydrogens is 274 g/mol. The van der Waals surface area contributed by atoms with Crippen molar-refractivity contribution in [2.75, 3.05) is 21.3 Å². The zero-order valence-corrected chi connectivity index (χ0v) is 12.6. The first-order valence-corrected chi connectivity index (χ1v) is 6.63. The molecule has 0 unspecified atom stereocenters. The zero-order chi connectivity index (χ0) is 15.6. The summed E-state index contributed by atoms with van der Waals surface area (Å²) in [5.74, 6) is 0.657. The molecule has 0 radical (unpaired) electrons. The Hall–Kier alpha value is -2.24. The van der Waals surface area contributed by atoms with Crippen LogP contribution in [0.3, 0.4) is 0 Å². The molecular formula is C15H19NO5. The molecule has 1 aliphatic heterocycles. The minimum Gasteiger partial charge on any atom is -0.497 e. The van der Waals surface area contributed by atoms with E-state index in [1.54, 1.807) is 32.2 Å². The number of carbonyl (C=O) groups is 2. The summed E-state index contributed by atoms with van der Waals surface area (Å²) in [7, 11) is 4.84. The highest BCUT2D eigenvalue weighted by molar-refractivity contribution is 5.85. The first-order valence-electron chi connectivity index (χ1n) is 6.63. The molecule has 1 amide bonds. The van der Waals surface area contributed by atoms with Crippen molar-refractivity contribution >= 4 is 11.9 Å². The molecule has 0 spiro atoms. The number of likely N-dealkylation sites (tertiary alicyclic amines) is 1. The van der Waals surface area contributed by atoms with Crippen molar-refractivity contribution in [3.63, 3.8) is 0 Å². The van der Waals surface area contributed by atoms with Gasteiger partial charge in [0.2, 0.25) is 0 Å². The monoisotopic (exact) mass is 293 g/mol. The lowest BCUT2D eigenvalue weighted by Gasteiger charge is -2.20. The van der Waals surface area contributed by atoms with Crippen molar-refractivity contribution in [1.82, 2.24) is 4.90 Å². The lowest BCUT2D eigenvalue weighted by molar-refractivity contribution is -0.153. The number of nitrogens with zero attached hydrogens (tertiary/aromatic N) is 1. The van der Waals surface area contributed by atoms with Gasteiger partial charge in [-0.1, -0.05) is 0 Å². The number of carbonyl (C=O) groups excluding carboxylic acids is 2. The lowest BCUT2D eigenvalue weighted by Crippen LogP contribution is -2.29. The predicted molar refractivity (Wildman–Crippen MR) is 75.2 cm³/mol. The Morgan fingerprint density at radius 2 is 1.76 bits per heavy atom. The molecule has 1 aliphatic rings. The third-order valence-electron chi connectivity index (χ3n) is 3.59. The van der Waals surface area contributed by atoms with E-state index >= 15 is 0 Å². The van der Waals surface area contributed by atoms with E-state index in [1.165, 1.54) is 6.92 Å². The summed E-state index contributed by atoms with van der Waals surface area (Å²) < 4.78 is 15.5. The fourth-order valence-corrected chi connectivity index (χ4v) is 2.52. The van der Waals surface area contributed by atoms with Gasteiger partial charge in [-0.15, -0.1) is 0 Å². The number of hydrogen-bond acceptors (Lipinski definition) is 5. The molecule has 0 aromatic heterocycles. The van der Waals surface area contributed by atoms with Gasteiger partial charge in [0.25, 0.3) is 5.91 Å². The molecule has 6 nitrogen and oxygen atoms in total. The minimum absolute atomic E-state index is 0.175. The van der Waals surface area contributed by atoms with Gasteiger partial charge in [0, 0.05) is 26.5 Å². The van der Waals surface area contributed by atoms with Gasteiger partial charge >= 0.3 is 5.97 Å². The number of amides is 1. The van der Waals surface area contributed by atoms with Crippen LogP contribution in [0.2, 0.25) is 0 Å². The molecule has 1 aromatic rings. The van der Waals surface area contributed by atoms with Crippen LogP contribution in [-0.4, -0.2) is 44.1 Å². The van der Waals surface area contributed by atoms with E-state index in [0.717, 1.165) is 5.56 Å². The van der Waals surface area contributed by atoms with Gasteiger partial charge in [-0.05, 0) is 17.7 Å². The van der Waals surface area contributed by atoms with E-state index in [0.29, 0.717) is 17.9 Å². The van der Waals surface area contributed by atoms with Crippen molar-refractivity contribution in [2.45, 2.75) is 25.5 Å². The molecule has 6 heteroatoms. The molecule has 2 rings (SSSR count). The average Bonchev–Trinajstić information content (AvgIpc) is 2.74. The van der Waals surface area contributed by atoms with Crippen molar-refractivity contribution in [1.29, 1.82) is 0 Å². The number of esters is 1. The van der Waals surface area contributed by atoms with Crippen molar-refractivity contribution in [3.05, 3.63) is 23.8 Å². The SMILES string of the molecule is COc1cc(OC)cc([C@H]2C[C@H](OC(C)=O)C(=O)N2C)c1. The summed E-state index contributed by atoms with van der Waals surface area (Å²) in [6, 6.07) is 5.30. The summed E-state index contributed by atoms with van der Waals surface area (Å²) in [6.45, 7) is 1.30. The lowest BCUT2D eigenvalue weighted by atomic mass is 10.0. The molecule has 1 aromatic carbocycles. The van der Waals surface area contributed by atoms with Crippen LogP contribution >= 0.6 is 0 Å². The van der Waals surface area contributed by atoms with Crippen LogP contribution in [-0.2, 0) is 14.3 Å². The molecule has 0 bridgehead atoms. The van der Waals surface area contributed by atoms with Crippen LogP contribution in [0.5, 0.6) is 11.5 Å². The van der Waals surface area contributed by atoms with Crippen molar-refractivity contribution in [2.24, 2.45) is 0 Å². The number of ether oxygens (including phenoxy) is 3. The normalized spacial score (nSPS) is 21.3. The number of methoxy groups -OCH3 is 2. The fraction of sp³-hybridized carbons (Fsp3) is 0.467. The standard InChI is InChI=1S/C15H19NO5/c1-9(17)21-14-8-13(16(2)15(14)18)10-5-11(19-3)7-12(6-10)20-4/h5-7,13-14H,8H2,1-4H3/t13-,14+/m1/s1. The zero-order valence-electron chi connectivity index (χ0n) is 12.6. The number of hydrogen-bond donors (Lipinski definition) is 0. The van der Waals surface area contributed by atoms with Gasteiger partial charge in [0.05, 0.1) is 20.3 Å². The molecule has 1 fully saturated rings. The Labute approximate surface area is 123 Å². The first kappa shape index (κ1) is 15.2. The van der Waals surface area contributed by atoms with E-state index in [-0.39, 0.29) is 11.9 Å². The van der Waals surface area contributed by atoms with Gasteiger partial charge in [0.15, 0.2) is 6.10 Å². The highest BCUT2D eigenvalue weighted by Crippen LogP contribution is 2.36. The fourth-order valence-electron chi connectivity index (χ4n) is 2.52. The second-order valence-electron chi connectivity index (χ2n) is 4.94. The average molecular weight is 293 g/mol. The van der Waals surface area contributed by atoms with E-state index in [4.69, 9.17) is 14.2 Å². The summed E-state index contributed by atoms with van der Waals surface area (Å²) in [4.78, 5) is 24.8. The number of benzene rings is 1. The van der Waals surface area contributed by atoms with Gasteiger partial charge in [-0.25, -0.2) is 0 Å². The number of likely N-dealkylation sites (N-methyl/N-ethyl adjacent to an activating group) is 1. The number of rotatable bonds is 4. The van der Waals surface area contributed by atoms with Crippen molar-refractivity contribution < 1.29 is 23.8 Å². The summed E-state index contributed by atoms with van der Waals surface area (Å²) in [6.07, 6.45) is -0.305. The van der Waals surface area contributed by atoms with Crippen molar-refractivity contribution in [3.8, 4) is 11.5 Å². The Morgan fingerprint density at radius 1 is 1.19 bits per heavy atom. The smallest absolute Gasteiger partial charge is 0.303 e. The van der Waals surface area contributed by atoms with Crippen LogP contribution in [0.15, 0.2) is 18.2 Å². The Kier molecular flexibility index (Phi) is 4.35. The molecule has 0 aliphatic carbocycles. The maximum atomic E-state index is 12.1. The molecule has 1 saturated heterocycles. The molecule has 2 atom stereocenters. The maximum Gasteiger partial charge on any atom is 0.303 e. The van der Waals surface area contributed by atoms with Crippen LogP contribution in [0, 0.1) is 0 Å². The highest BCUT2D eigenvalue weighted by Gasteiger charge is 2.40. The van der Waals surface area contributed by atoms with Crippen LogP contribution < -0.4 is 9.47 Å². The van der Waals surface area contributed by atoms with E-state index in [9.17, 15) is 9.59 Å². The summed E-state index contributed by atoms with van der Waals surface area (Å²) >= 11 is 0. The van der Waals surface area contributed by atoms with E-state index in [1.807, 2.05) is 12.1 Å². The molecule has 0 N–H and O–H groups in total. The Balaban J connectivity index is 2.29. The molecule has 114 valence electrons. The van der Waals surface area contributed by atoms with Crippen LogP contribution in [0.25, 0.3) is 0 Å². The maximum absolute atomic E-state index is 12.1. The first-order chi connectivity index (χ1) is 9.96. The highest BCUT2D eigenvalue weighted by atomic mass is 16.5. The van der Waals surface area contributed by atoms with Crippen LogP contribution in [0.1, 0.15) is 24.9 Å². The van der Waals surface area contributed by atoms with Gasteiger partial charge in [-0.3, -0.25) is 9.59 Å². The predicted octanol–water partition coefficient (Wildman–Crippen LogP) is 1.54. The molecule has 21 heavy (non-hydrogen) atoms. The quantitative estimate of drug-likeness (QED) is 0.788. The minimum atomic E-state index is -0.727. The summed E-state index contributed by atoms with van der Waals surface area (Å²) in [5, 5.41) is 0. The Morgan fingerprint density at radius 3 is 2.24 bits per heavy atom. The van der Waals surface area contributed by atoms with Crippen LogP contribution in [0.4, 0.5) is 0 Å². The van der Waals surface area contributed by atoms with E-state index < -0.39 is 12.1 Å². The second-order valence-corrected chi connectivity index (χ2v) is 4.94. The molecule has 1 heterocycles. The second kappa shape index (κ2) is 6.03. The topological polar surface area (TPSA) is 65.1 Å². The third kappa shape index (κ3) is 3.09. The third-order valence-corrected chi connectivity index (χ3v) is 3.59. The Bertz CT molecular complexity index is 535. The molecule has 0 saturated carbocycles. The largest absolute Gasteiger partial charge is 0.497 e. The van der Waals surface area contributed by atoms with Gasteiger partial charge in [-0.2, -0.15) is 0 Å². The van der Waals surface area contributed by atoms with E-state index in [2.05, 4.69) is 0 Å². The summed E-state index contributed by atoms with van der Waals surface area (Å²) in [5.41, 5.74) is 0.886. The van der Waals surface area contributed by atoms with Gasteiger partial charge < -0.3 is 19.1 Å². The van der Waals surface area contributed by atoms with Gasteiger partial charge in [0.1, 0.15) is 11.5 Å².